The molecule has 1 aliphatic rings. The molecule has 3 rings (SSSR count). The van der Waals surface area contributed by atoms with Gasteiger partial charge in [0.05, 0.1) is 0 Å². The molecular formula is C20H28N2OS. The van der Waals surface area contributed by atoms with Crippen LogP contribution in [-0.4, -0.2) is 38.1 Å². The van der Waals surface area contributed by atoms with E-state index in [0.29, 0.717) is 0 Å². The maximum absolute atomic E-state index is 6.46. The monoisotopic (exact) mass is 344 g/mol. The Kier molecular flexibility index (Phi) is 6.70. The van der Waals surface area contributed by atoms with E-state index in [4.69, 9.17) is 4.74 Å². The number of benzene rings is 1. The van der Waals surface area contributed by atoms with Gasteiger partial charge in [-0.1, -0.05) is 24.3 Å². The molecule has 4 heteroatoms. The summed E-state index contributed by atoms with van der Waals surface area (Å²) in [5.41, 5.74) is 1.33. The van der Waals surface area contributed by atoms with Crippen molar-refractivity contribution in [2.45, 2.75) is 31.8 Å². The molecule has 0 amide bonds. The number of hydrogen-bond acceptors (Lipinski definition) is 4. The lowest BCUT2D eigenvalue weighted by Crippen LogP contribution is -2.22. The summed E-state index contributed by atoms with van der Waals surface area (Å²) in [7, 11) is 2.00. The molecule has 0 bridgehead atoms. The maximum atomic E-state index is 6.46. The molecule has 0 saturated carbocycles. The summed E-state index contributed by atoms with van der Waals surface area (Å²) in [6.45, 7) is 4.60. The molecule has 130 valence electrons. The lowest BCUT2D eigenvalue weighted by molar-refractivity contribution is 0.196. The fraction of sp³-hybridized carbons (Fsp3) is 0.500. The molecule has 0 radical (unpaired) electrons. The highest BCUT2D eigenvalue weighted by molar-refractivity contribution is 7.10. The molecular weight excluding hydrogens is 316 g/mol. The topological polar surface area (TPSA) is 24.5 Å². The van der Waals surface area contributed by atoms with Crippen LogP contribution in [0.1, 0.15) is 35.8 Å². The first-order chi connectivity index (χ1) is 11.9. The van der Waals surface area contributed by atoms with Crippen LogP contribution in [-0.2, 0) is 6.42 Å². The lowest BCUT2D eigenvalue weighted by atomic mass is 10.1. The van der Waals surface area contributed by atoms with Crippen LogP contribution in [0.25, 0.3) is 0 Å². The molecule has 3 nitrogen and oxygen atoms in total. The Hall–Kier alpha value is -1.36. The Bertz CT molecular complexity index is 593. The molecule has 1 aliphatic heterocycles. The lowest BCUT2D eigenvalue weighted by Gasteiger charge is -2.21. The fourth-order valence-electron chi connectivity index (χ4n) is 3.27. The molecule has 1 N–H and O–H groups in total. The molecule has 0 unspecified atom stereocenters. The first kappa shape index (κ1) is 17.5. The number of thiophene rings is 1. The van der Waals surface area contributed by atoms with E-state index >= 15 is 0 Å². The van der Waals surface area contributed by atoms with Crippen LogP contribution >= 0.6 is 11.3 Å². The fourth-order valence-corrected chi connectivity index (χ4v) is 4.06. The third-order valence-corrected chi connectivity index (χ3v) is 5.62. The van der Waals surface area contributed by atoms with Gasteiger partial charge in [-0.3, -0.25) is 0 Å². The van der Waals surface area contributed by atoms with Crippen LogP contribution < -0.4 is 10.1 Å². The number of nitrogens with one attached hydrogen (secondary N) is 1. The molecule has 0 aliphatic carbocycles. The Morgan fingerprint density at radius 1 is 1.17 bits per heavy atom. The van der Waals surface area contributed by atoms with Crippen molar-refractivity contribution >= 4 is 11.3 Å². The van der Waals surface area contributed by atoms with Gasteiger partial charge in [0.2, 0.25) is 0 Å². The zero-order chi connectivity index (χ0) is 16.6. The standard InChI is InChI=1S/C20H28N2OS/c1-21-12-10-19(20-9-6-16-24-20)23-18-8-3-2-7-17(18)11-15-22-13-4-5-14-22/h2-3,6-9,16,19,21H,4-5,10-15H2,1H3/t19-/m1/s1. The van der Waals surface area contributed by atoms with Crippen molar-refractivity contribution in [3.8, 4) is 5.75 Å². The van der Waals surface area contributed by atoms with E-state index in [0.717, 1.165) is 31.7 Å². The second kappa shape index (κ2) is 9.21. The van der Waals surface area contributed by atoms with Crippen molar-refractivity contribution in [1.82, 2.24) is 10.2 Å². The Balaban J connectivity index is 1.67. The molecule has 0 spiro atoms. The van der Waals surface area contributed by atoms with Crippen molar-refractivity contribution in [1.29, 1.82) is 0 Å². The molecule has 1 fully saturated rings. The minimum atomic E-state index is 0.130. The van der Waals surface area contributed by atoms with E-state index < -0.39 is 0 Å². The van der Waals surface area contributed by atoms with Gasteiger partial charge in [-0.2, -0.15) is 0 Å². The Morgan fingerprint density at radius 3 is 2.75 bits per heavy atom. The molecule has 24 heavy (non-hydrogen) atoms. The number of likely N-dealkylation sites (tertiary alicyclic amines) is 1. The third kappa shape index (κ3) is 4.82. The minimum Gasteiger partial charge on any atom is -0.485 e. The molecule has 2 heterocycles. The summed E-state index contributed by atoms with van der Waals surface area (Å²) in [5.74, 6) is 1.05. The van der Waals surface area contributed by atoms with Crippen molar-refractivity contribution < 1.29 is 4.74 Å². The minimum absolute atomic E-state index is 0.130. The van der Waals surface area contributed by atoms with Gasteiger partial charge in [0.25, 0.3) is 0 Å². The zero-order valence-corrected chi connectivity index (χ0v) is 15.4. The van der Waals surface area contributed by atoms with Crippen LogP contribution in [0, 0.1) is 0 Å². The van der Waals surface area contributed by atoms with Gasteiger partial charge in [-0.25, -0.2) is 0 Å². The third-order valence-electron chi connectivity index (χ3n) is 4.65. The van der Waals surface area contributed by atoms with E-state index in [2.05, 4.69) is 52.0 Å². The van der Waals surface area contributed by atoms with E-state index in [1.54, 1.807) is 11.3 Å². The van der Waals surface area contributed by atoms with Crippen molar-refractivity contribution in [3.63, 3.8) is 0 Å². The highest BCUT2D eigenvalue weighted by Gasteiger charge is 2.17. The van der Waals surface area contributed by atoms with E-state index in [1.165, 1.54) is 36.4 Å². The molecule has 1 saturated heterocycles. The van der Waals surface area contributed by atoms with Crippen molar-refractivity contribution in [2.24, 2.45) is 0 Å². The highest BCUT2D eigenvalue weighted by atomic mass is 32.1. The largest absolute Gasteiger partial charge is 0.485 e. The predicted molar refractivity (Wildman–Crippen MR) is 102 cm³/mol. The van der Waals surface area contributed by atoms with Gasteiger partial charge < -0.3 is 15.0 Å². The molecule has 1 aromatic heterocycles. The van der Waals surface area contributed by atoms with Crippen molar-refractivity contribution in [3.05, 3.63) is 52.2 Å². The summed E-state index contributed by atoms with van der Waals surface area (Å²) >= 11 is 1.78. The number of ether oxygens (including phenoxy) is 1. The van der Waals surface area contributed by atoms with Gasteiger partial charge in [-0.05, 0) is 69.0 Å². The van der Waals surface area contributed by atoms with Crippen LogP contribution in [0.3, 0.4) is 0 Å². The van der Waals surface area contributed by atoms with Gasteiger partial charge in [0.1, 0.15) is 11.9 Å². The number of para-hydroxylation sites is 1. The maximum Gasteiger partial charge on any atom is 0.134 e. The van der Waals surface area contributed by atoms with E-state index in [-0.39, 0.29) is 6.10 Å². The van der Waals surface area contributed by atoms with Crippen LogP contribution in [0.5, 0.6) is 5.75 Å². The van der Waals surface area contributed by atoms with E-state index in [9.17, 15) is 0 Å². The molecule has 2 aromatic rings. The first-order valence-corrected chi connectivity index (χ1v) is 9.89. The molecule has 1 aromatic carbocycles. The zero-order valence-electron chi connectivity index (χ0n) is 14.5. The second-order valence-electron chi connectivity index (χ2n) is 6.42. The normalized spacial score (nSPS) is 16.4. The number of hydrogen-bond donors (Lipinski definition) is 1. The Labute approximate surface area is 149 Å². The summed E-state index contributed by atoms with van der Waals surface area (Å²) < 4.78 is 6.46. The predicted octanol–water partition coefficient (Wildman–Crippen LogP) is 4.12. The number of nitrogens with zero attached hydrogens (tertiary/aromatic N) is 1. The average molecular weight is 345 g/mol. The van der Waals surface area contributed by atoms with Crippen LogP contribution in [0.4, 0.5) is 0 Å². The summed E-state index contributed by atoms with van der Waals surface area (Å²) in [5, 5.41) is 5.37. The first-order valence-electron chi connectivity index (χ1n) is 9.02. The SMILES string of the molecule is CNCC[C@@H](Oc1ccccc1CCN1CCCC1)c1cccs1. The second-order valence-corrected chi connectivity index (χ2v) is 7.40. The smallest absolute Gasteiger partial charge is 0.134 e. The van der Waals surface area contributed by atoms with Crippen LogP contribution in [0.15, 0.2) is 41.8 Å². The van der Waals surface area contributed by atoms with E-state index in [1.807, 2.05) is 7.05 Å². The Morgan fingerprint density at radius 2 is 2.00 bits per heavy atom. The summed E-state index contributed by atoms with van der Waals surface area (Å²) in [4.78, 5) is 3.87. The van der Waals surface area contributed by atoms with Gasteiger partial charge in [0, 0.05) is 17.8 Å². The average Bonchev–Trinajstić information content (AvgIpc) is 3.31. The van der Waals surface area contributed by atoms with Gasteiger partial charge in [0.15, 0.2) is 0 Å². The summed E-state index contributed by atoms with van der Waals surface area (Å²) in [6, 6.07) is 12.8. The summed E-state index contributed by atoms with van der Waals surface area (Å²) in [6.07, 6.45) is 4.88. The van der Waals surface area contributed by atoms with Gasteiger partial charge >= 0.3 is 0 Å². The van der Waals surface area contributed by atoms with Gasteiger partial charge in [-0.15, -0.1) is 11.3 Å². The van der Waals surface area contributed by atoms with Crippen molar-refractivity contribution in [2.75, 3.05) is 33.2 Å². The van der Waals surface area contributed by atoms with Crippen LogP contribution in [0.2, 0.25) is 0 Å². The number of rotatable bonds is 9. The molecule has 1 atom stereocenters. The quantitative estimate of drug-likeness (QED) is 0.741. The highest BCUT2D eigenvalue weighted by Crippen LogP contribution is 2.30.